The van der Waals surface area contributed by atoms with E-state index in [1.54, 1.807) is 22.7 Å². The second-order valence-electron chi connectivity index (χ2n) is 3.65. The third kappa shape index (κ3) is 2.63. The molecular weight excluding hydrogens is 328 g/mol. The summed E-state index contributed by atoms with van der Waals surface area (Å²) in [4.78, 5) is 5.78. The molecule has 0 saturated carbocycles. The molecule has 2 aromatic heterocycles. The van der Waals surface area contributed by atoms with Crippen LogP contribution in [-0.2, 0) is 0 Å². The van der Waals surface area contributed by atoms with Crippen molar-refractivity contribution in [1.29, 1.82) is 0 Å². The maximum atomic E-state index is 4.58. The summed E-state index contributed by atoms with van der Waals surface area (Å²) in [5, 5.41) is 8.36. The molecule has 3 aromatic rings. The summed E-state index contributed by atoms with van der Waals surface area (Å²) in [6.45, 7) is 0. The van der Waals surface area contributed by atoms with Crippen molar-refractivity contribution < 1.29 is 0 Å². The monoisotopic (exact) mass is 336 g/mol. The second kappa shape index (κ2) is 5.22. The van der Waals surface area contributed by atoms with Gasteiger partial charge in [-0.15, -0.1) is 22.7 Å². The van der Waals surface area contributed by atoms with E-state index in [-0.39, 0.29) is 0 Å². The molecular formula is C13H9BrN2S2. The van der Waals surface area contributed by atoms with Gasteiger partial charge >= 0.3 is 0 Å². The highest BCUT2D eigenvalue weighted by Gasteiger charge is 2.05. The number of thiazole rings is 1. The van der Waals surface area contributed by atoms with Crippen LogP contribution in [0.3, 0.4) is 0 Å². The Labute approximate surface area is 121 Å². The SMILES string of the molecule is Brc1cccc(Nc2nc(-c3cccs3)cs2)c1. The number of rotatable bonds is 3. The van der Waals surface area contributed by atoms with Crippen molar-refractivity contribution in [3.05, 3.63) is 51.6 Å². The van der Waals surface area contributed by atoms with Gasteiger partial charge in [-0.3, -0.25) is 0 Å². The van der Waals surface area contributed by atoms with Crippen LogP contribution in [0.2, 0.25) is 0 Å². The average molecular weight is 337 g/mol. The Balaban J connectivity index is 1.82. The Kier molecular flexibility index (Phi) is 3.45. The first-order chi connectivity index (χ1) is 8.81. The van der Waals surface area contributed by atoms with Gasteiger partial charge < -0.3 is 5.32 Å². The Morgan fingerprint density at radius 3 is 2.83 bits per heavy atom. The van der Waals surface area contributed by atoms with E-state index in [0.29, 0.717) is 0 Å². The minimum absolute atomic E-state index is 0.913. The predicted molar refractivity (Wildman–Crippen MR) is 82.9 cm³/mol. The van der Waals surface area contributed by atoms with Gasteiger partial charge in [-0.2, -0.15) is 0 Å². The number of nitrogens with zero attached hydrogens (tertiary/aromatic N) is 1. The first-order valence-corrected chi connectivity index (χ1v) is 7.88. The molecule has 0 atom stereocenters. The van der Waals surface area contributed by atoms with Gasteiger partial charge in [-0.1, -0.05) is 28.1 Å². The highest BCUT2D eigenvalue weighted by atomic mass is 79.9. The van der Waals surface area contributed by atoms with Crippen molar-refractivity contribution in [2.24, 2.45) is 0 Å². The van der Waals surface area contributed by atoms with Crippen LogP contribution < -0.4 is 5.32 Å². The molecule has 0 aliphatic heterocycles. The molecule has 90 valence electrons. The molecule has 0 fully saturated rings. The van der Waals surface area contributed by atoms with Crippen LogP contribution in [-0.4, -0.2) is 4.98 Å². The Bertz CT molecular complexity index is 647. The summed E-state index contributed by atoms with van der Waals surface area (Å²) in [6, 6.07) is 12.2. The van der Waals surface area contributed by atoms with E-state index in [2.05, 4.69) is 43.1 Å². The van der Waals surface area contributed by atoms with E-state index in [9.17, 15) is 0 Å². The fourth-order valence-electron chi connectivity index (χ4n) is 1.56. The maximum absolute atomic E-state index is 4.58. The lowest BCUT2D eigenvalue weighted by Crippen LogP contribution is -1.88. The Morgan fingerprint density at radius 1 is 1.11 bits per heavy atom. The minimum atomic E-state index is 0.913. The summed E-state index contributed by atoms with van der Waals surface area (Å²) >= 11 is 6.78. The van der Waals surface area contributed by atoms with Crippen molar-refractivity contribution in [3.8, 4) is 10.6 Å². The summed E-state index contributed by atoms with van der Waals surface area (Å²) in [5.74, 6) is 0. The van der Waals surface area contributed by atoms with Crippen LogP contribution >= 0.6 is 38.6 Å². The van der Waals surface area contributed by atoms with E-state index < -0.39 is 0 Å². The maximum Gasteiger partial charge on any atom is 0.187 e. The predicted octanol–water partition coefficient (Wildman–Crippen LogP) is 5.38. The first-order valence-electron chi connectivity index (χ1n) is 5.33. The first kappa shape index (κ1) is 11.9. The molecule has 0 saturated heterocycles. The summed E-state index contributed by atoms with van der Waals surface area (Å²) in [5.41, 5.74) is 2.07. The zero-order valence-corrected chi connectivity index (χ0v) is 12.5. The Hall–Kier alpha value is -1.17. The van der Waals surface area contributed by atoms with Gasteiger partial charge in [0.25, 0.3) is 0 Å². The number of hydrogen-bond donors (Lipinski definition) is 1. The lowest BCUT2D eigenvalue weighted by atomic mass is 10.3. The highest BCUT2D eigenvalue weighted by molar-refractivity contribution is 9.10. The van der Waals surface area contributed by atoms with Crippen LogP contribution in [0.25, 0.3) is 10.6 Å². The lowest BCUT2D eigenvalue weighted by molar-refractivity contribution is 1.40. The molecule has 2 heterocycles. The number of thiophene rings is 1. The smallest absolute Gasteiger partial charge is 0.187 e. The number of halogens is 1. The van der Waals surface area contributed by atoms with E-state index in [1.807, 2.05) is 30.3 Å². The van der Waals surface area contributed by atoms with Crippen molar-refractivity contribution in [1.82, 2.24) is 4.98 Å². The molecule has 2 nitrogen and oxygen atoms in total. The second-order valence-corrected chi connectivity index (χ2v) is 6.37. The van der Waals surface area contributed by atoms with E-state index in [4.69, 9.17) is 0 Å². The number of aromatic nitrogens is 1. The van der Waals surface area contributed by atoms with Gasteiger partial charge in [0.2, 0.25) is 0 Å². The van der Waals surface area contributed by atoms with Crippen molar-refractivity contribution in [3.63, 3.8) is 0 Å². The van der Waals surface area contributed by atoms with Gasteiger partial charge in [0, 0.05) is 15.5 Å². The Morgan fingerprint density at radius 2 is 2.06 bits per heavy atom. The van der Waals surface area contributed by atoms with Gasteiger partial charge in [0.15, 0.2) is 5.13 Å². The van der Waals surface area contributed by atoms with Crippen LogP contribution in [0.1, 0.15) is 0 Å². The molecule has 3 rings (SSSR count). The fourth-order valence-corrected chi connectivity index (χ4v) is 3.45. The van der Waals surface area contributed by atoms with Gasteiger partial charge in [0.1, 0.15) is 0 Å². The van der Waals surface area contributed by atoms with Gasteiger partial charge in [-0.25, -0.2) is 4.98 Å². The number of anilines is 2. The van der Waals surface area contributed by atoms with Crippen LogP contribution in [0.15, 0.2) is 51.6 Å². The molecule has 0 unspecified atom stereocenters. The summed E-state index contributed by atoms with van der Waals surface area (Å²) in [6.07, 6.45) is 0. The fraction of sp³-hybridized carbons (Fsp3) is 0. The molecule has 1 N–H and O–H groups in total. The quantitative estimate of drug-likeness (QED) is 0.694. The average Bonchev–Trinajstić information content (AvgIpc) is 2.98. The van der Waals surface area contributed by atoms with Crippen LogP contribution in [0.4, 0.5) is 10.8 Å². The minimum Gasteiger partial charge on any atom is -0.332 e. The topological polar surface area (TPSA) is 24.9 Å². The molecule has 0 aliphatic carbocycles. The molecule has 1 aromatic carbocycles. The highest BCUT2D eigenvalue weighted by Crippen LogP contribution is 2.30. The zero-order chi connectivity index (χ0) is 12.4. The largest absolute Gasteiger partial charge is 0.332 e. The van der Waals surface area contributed by atoms with Crippen molar-refractivity contribution in [2.75, 3.05) is 5.32 Å². The normalized spacial score (nSPS) is 10.5. The number of nitrogens with one attached hydrogen (secondary N) is 1. The summed E-state index contributed by atoms with van der Waals surface area (Å²) < 4.78 is 1.06. The third-order valence-electron chi connectivity index (χ3n) is 2.35. The van der Waals surface area contributed by atoms with E-state index in [0.717, 1.165) is 21.0 Å². The van der Waals surface area contributed by atoms with Gasteiger partial charge in [0.05, 0.1) is 10.6 Å². The number of benzene rings is 1. The molecule has 0 radical (unpaired) electrons. The molecule has 0 aliphatic rings. The third-order valence-corrected chi connectivity index (χ3v) is 4.50. The van der Waals surface area contributed by atoms with Gasteiger partial charge in [-0.05, 0) is 29.6 Å². The van der Waals surface area contributed by atoms with E-state index >= 15 is 0 Å². The van der Waals surface area contributed by atoms with Crippen molar-refractivity contribution >= 4 is 49.4 Å². The molecule has 18 heavy (non-hydrogen) atoms. The molecule has 5 heteroatoms. The molecule has 0 spiro atoms. The standard InChI is InChI=1S/C13H9BrN2S2/c14-9-3-1-4-10(7-9)15-13-16-11(8-18-13)12-5-2-6-17-12/h1-8H,(H,15,16). The zero-order valence-electron chi connectivity index (χ0n) is 9.26. The van der Waals surface area contributed by atoms with Crippen molar-refractivity contribution in [2.45, 2.75) is 0 Å². The molecule has 0 amide bonds. The summed E-state index contributed by atoms with van der Waals surface area (Å²) in [7, 11) is 0. The van der Waals surface area contributed by atoms with Crippen LogP contribution in [0, 0.1) is 0 Å². The molecule has 0 bridgehead atoms. The lowest BCUT2D eigenvalue weighted by Gasteiger charge is -2.02. The van der Waals surface area contributed by atoms with E-state index in [1.165, 1.54) is 4.88 Å². The van der Waals surface area contributed by atoms with Crippen LogP contribution in [0.5, 0.6) is 0 Å². The number of hydrogen-bond acceptors (Lipinski definition) is 4.